The molecule has 1 aliphatic heterocycles. The molecule has 1 amide bonds. The van der Waals surface area contributed by atoms with E-state index in [9.17, 15) is 4.79 Å². The third kappa shape index (κ3) is 2.17. The molecule has 4 nitrogen and oxygen atoms in total. The van der Waals surface area contributed by atoms with Gasteiger partial charge in [0, 0.05) is 6.61 Å². The van der Waals surface area contributed by atoms with Crippen molar-refractivity contribution < 1.29 is 9.90 Å². The van der Waals surface area contributed by atoms with Gasteiger partial charge in [-0.1, -0.05) is 0 Å². The van der Waals surface area contributed by atoms with Gasteiger partial charge in [0.15, 0.2) is 0 Å². The summed E-state index contributed by atoms with van der Waals surface area (Å²) in [4.78, 5) is 10.7. The quantitative estimate of drug-likeness (QED) is 0.474. The molecular weight excluding hydrogens is 144 g/mol. The SMILES string of the molecule is NC(=O)C1CC(CO)CCN1. The van der Waals surface area contributed by atoms with Crippen molar-refractivity contribution >= 4 is 5.91 Å². The van der Waals surface area contributed by atoms with Gasteiger partial charge in [-0.2, -0.15) is 0 Å². The number of piperidine rings is 1. The summed E-state index contributed by atoms with van der Waals surface area (Å²) >= 11 is 0. The normalized spacial score (nSPS) is 31.7. The number of carbonyl (C=O) groups excluding carboxylic acids is 1. The molecule has 0 aromatic rings. The zero-order valence-electron chi connectivity index (χ0n) is 6.42. The fourth-order valence-electron chi connectivity index (χ4n) is 1.38. The van der Waals surface area contributed by atoms with E-state index in [0.29, 0.717) is 6.42 Å². The fourth-order valence-corrected chi connectivity index (χ4v) is 1.38. The van der Waals surface area contributed by atoms with Crippen molar-refractivity contribution in [2.75, 3.05) is 13.2 Å². The number of nitrogens with two attached hydrogens (primary N) is 1. The van der Waals surface area contributed by atoms with Crippen molar-refractivity contribution in [2.24, 2.45) is 11.7 Å². The molecule has 2 atom stereocenters. The van der Waals surface area contributed by atoms with Crippen molar-refractivity contribution in [3.05, 3.63) is 0 Å². The zero-order chi connectivity index (χ0) is 8.27. The number of rotatable bonds is 2. The van der Waals surface area contributed by atoms with Gasteiger partial charge >= 0.3 is 0 Å². The lowest BCUT2D eigenvalue weighted by Crippen LogP contribution is -2.47. The maximum absolute atomic E-state index is 10.7. The van der Waals surface area contributed by atoms with Gasteiger partial charge in [-0.3, -0.25) is 4.79 Å². The highest BCUT2D eigenvalue weighted by molar-refractivity contribution is 5.79. The lowest BCUT2D eigenvalue weighted by molar-refractivity contribution is -0.121. The molecule has 0 aromatic carbocycles. The van der Waals surface area contributed by atoms with Crippen LogP contribution in [0.2, 0.25) is 0 Å². The lowest BCUT2D eigenvalue weighted by Gasteiger charge is -2.26. The first-order chi connectivity index (χ1) is 5.24. The van der Waals surface area contributed by atoms with E-state index in [4.69, 9.17) is 10.8 Å². The maximum atomic E-state index is 10.7. The smallest absolute Gasteiger partial charge is 0.234 e. The van der Waals surface area contributed by atoms with Crippen molar-refractivity contribution in [3.8, 4) is 0 Å². The molecule has 1 heterocycles. The van der Waals surface area contributed by atoms with Gasteiger partial charge in [-0.25, -0.2) is 0 Å². The summed E-state index contributed by atoms with van der Waals surface area (Å²) in [6.45, 7) is 0.935. The fraction of sp³-hybridized carbons (Fsp3) is 0.857. The number of nitrogens with one attached hydrogen (secondary N) is 1. The van der Waals surface area contributed by atoms with Gasteiger partial charge in [0.05, 0.1) is 6.04 Å². The number of carbonyl (C=O) groups is 1. The molecule has 64 valence electrons. The maximum Gasteiger partial charge on any atom is 0.234 e. The van der Waals surface area contributed by atoms with E-state index < -0.39 is 0 Å². The highest BCUT2D eigenvalue weighted by Gasteiger charge is 2.24. The number of amides is 1. The van der Waals surface area contributed by atoms with E-state index in [1.807, 2.05) is 0 Å². The minimum absolute atomic E-state index is 0.158. The summed E-state index contributed by atoms with van der Waals surface area (Å²) in [5, 5.41) is 11.8. The molecule has 1 rings (SSSR count). The summed E-state index contributed by atoms with van der Waals surface area (Å²) in [6, 6.07) is -0.235. The number of aliphatic hydroxyl groups excluding tert-OH is 1. The number of hydrogen-bond acceptors (Lipinski definition) is 3. The van der Waals surface area contributed by atoms with E-state index in [0.717, 1.165) is 13.0 Å². The van der Waals surface area contributed by atoms with Crippen molar-refractivity contribution in [1.29, 1.82) is 0 Å². The third-order valence-corrected chi connectivity index (χ3v) is 2.11. The molecule has 1 fully saturated rings. The second-order valence-electron chi connectivity index (χ2n) is 2.98. The van der Waals surface area contributed by atoms with Gasteiger partial charge in [0.25, 0.3) is 0 Å². The molecule has 4 heteroatoms. The molecule has 1 saturated heterocycles. The molecule has 0 aromatic heterocycles. The van der Waals surface area contributed by atoms with Crippen LogP contribution in [-0.4, -0.2) is 30.2 Å². The second-order valence-corrected chi connectivity index (χ2v) is 2.98. The Morgan fingerprint density at radius 2 is 2.45 bits per heavy atom. The second kappa shape index (κ2) is 3.69. The topological polar surface area (TPSA) is 75.4 Å². The summed E-state index contributed by atoms with van der Waals surface area (Å²) in [7, 11) is 0. The molecule has 2 unspecified atom stereocenters. The van der Waals surface area contributed by atoms with Crippen LogP contribution in [0.3, 0.4) is 0 Å². The van der Waals surface area contributed by atoms with Gasteiger partial charge in [0.2, 0.25) is 5.91 Å². The minimum Gasteiger partial charge on any atom is -0.396 e. The molecular formula is C7H14N2O2. The minimum atomic E-state index is -0.317. The van der Waals surface area contributed by atoms with E-state index in [1.165, 1.54) is 0 Å². The van der Waals surface area contributed by atoms with E-state index in [-0.39, 0.29) is 24.5 Å². The summed E-state index contributed by atoms with van der Waals surface area (Å²) in [5.74, 6) is -0.0723. The molecule has 0 bridgehead atoms. The van der Waals surface area contributed by atoms with Crippen LogP contribution < -0.4 is 11.1 Å². The predicted molar refractivity (Wildman–Crippen MR) is 40.8 cm³/mol. The average molecular weight is 158 g/mol. The summed E-state index contributed by atoms with van der Waals surface area (Å²) in [5.41, 5.74) is 5.10. The number of primary amides is 1. The Bertz CT molecular complexity index is 149. The lowest BCUT2D eigenvalue weighted by atomic mass is 9.93. The Labute approximate surface area is 65.8 Å². The predicted octanol–water partition coefficient (Wildman–Crippen LogP) is -1.17. The highest BCUT2D eigenvalue weighted by Crippen LogP contribution is 2.14. The molecule has 11 heavy (non-hydrogen) atoms. The Balaban J connectivity index is 2.39. The van der Waals surface area contributed by atoms with E-state index >= 15 is 0 Å². The van der Waals surface area contributed by atoms with Crippen LogP contribution in [0.1, 0.15) is 12.8 Å². The van der Waals surface area contributed by atoms with Crippen molar-refractivity contribution in [1.82, 2.24) is 5.32 Å². The number of hydrogen-bond donors (Lipinski definition) is 3. The standard InChI is InChI=1S/C7H14N2O2/c8-7(11)6-3-5(4-10)1-2-9-6/h5-6,9-10H,1-4H2,(H2,8,11). The molecule has 0 radical (unpaired) electrons. The van der Waals surface area contributed by atoms with Crippen LogP contribution in [-0.2, 0) is 4.79 Å². The van der Waals surface area contributed by atoms with Gasteiger partial charge < -0.3 is 16.2 Å². The third-order valence-electron chi connectivity index (χ3n) is 2.11. The van der Waals surface area contributed by atoms with E-state index in [2.05, 4.69) is 5.32 Å². The first-order valence-electron chi connectivity index (χ1n) is 3.87. The van der Waals surface area contributed by atoms with Gasteiger partial charge in [-0.05, 0) is 25.3 Å². The Morgan fingerprint density at radius 1 is 1.73 bits per heavy atom. The van der Waals surface area contributed by atoms with Crippen LogP contribution in [0, 0.1) is 5.92 Å². The first kappa shape index (κ1) is 8.49. The summed E-state index contributed by atoms with van der Waals surface area (Å²) in [6.07, 6.45) is 1.60. The van der Waals surface area contributed by atoms with Crippen LogP contribution in [0.25, 0.3) is 0 Å². The Hall–Kier alpha value is -0.610. The Morgan fingerprint density at radius 3 is 3.00 bits per heavy atom. The largest absolute Gasteiger partial charge is 0.396 e. The van der Waals surface area contributed by atoms with Gasteiger partial charge in [0.1, 0.15) is 0 Å². The number of aliphatic hydroxyl groups is 1. The first-order valence-corrected chi connectivity index (χ1v) is 3.87. The van der Waals surface area contributed by atoms with Crippen LogP contribution in [0.4, 0.5) is 0 Å². The highest BCUT2D eigenvalue weighted by atomic mass is 16.3. The molecule has 0 spiro atoms. The molecule has 0 saturated carbocycles. The summed E-state index contributed by atoms with van der Waals surface area (Å²) < 4.78 is 0. The monoisotopic (exact) mass is 158 g/mol. The zero-order valence-corrected chi connectivity index (χ0v) is 6.42. The molecule has 4 N–H and O–H groups in total. The van der Waals surface area contributed by atoms with Gasteiger partial charge in [-0.15, -0.1) is 0 Å². The molecule has 1 aliphatic rings. The van der Waals surface area contributed by atoms with Crippen LogP contribution >= 0.6 is 0 Å². The van der Waals surface area contributed by atoms with Crippen molar-refractivity contribution in [2.45, 2.75) is 18.9 Å². The van der Waals surface area contributed by atoms with Crippen LogP contribution in [0.5, 0.6) is 0 Å². The molecule has 0 aliphatic carbocycles. The van der Waals surface area contributed by atoms with Crippen molar-refractivity contribution in [3.63, 3.8) is 0 Å². The van der Waals surface area contributed by atoms with Crippen LogP contribution in [0.15, 0.2) is 0 Å². The van der Waals surface area contributed by atoms with E-state index in [1.54, 1.807) is 0 Å². The Kier molecular flexibility index (Phi) is 2.84. The average Bonchev–Trinajstić information content (AvgIpc) is 2.05.